The fourth-order valence-electron chi connectivity index (χ4n) is 6.98. The molecule has 0 saturated carbocycles. The van der Waals surface area contributed by atoms with Gasteiger partial charge in [-0.2, -0.15) is 0 Å². The minimum absolute atomic E-state index is 0.0563. The molecule has 0 rings (SSSR count). The zero-order valence-corrected chi connectivity index (χ0v) is 39.0. The van der Waals surface area contributed by atoms with E-state index >= 15 is 0 Å². The van der Waals surface area contributed by atoms with Crippen LogP contribution in [0.15, 0.2) is 48.6 Å². The molecule has 0 heterocycles. The van der Waals surface area contributed by atoms with Crippen molar-refractivity contribution in [2.24, 2.45) is 0 Å². The van der Waals surface area contributed by atoms with Crippen LogP contribution in [0.3, 0.4) is 0 Å². The van der Waals surface area contributed by atoms with E-state index in [1.807, 2.05) is 21.1 Å². The fourth-order valence-corrected chi connectivity index (χ4v) is 6.98. The van der Waals surface area contributed by atoms with Gasteiger partial charge >= 0.3 is 17.9 Å². The Morgan fingerprint density at radius 2 is 0.949 bits per heavy atom. The van der Waals surface area contributed by atoms with Crippen molar-refractivity contribution in [3.05, 3.63) is 48.6 Å². The molecule has 2 atom stereocenters. The largest absolute Gasteiger partial charge is 0.477 e. The van der Waals surface area contributed by atoms with Gasteiger partial charge < -0.3 is 23.8 Å². The normalized spacial score (nSPS) is 13.3. The number of allylic oxidation sites excluding steroid dienone is 8. The Labute approximate surface area is 363 Å². The highest BCUT2D eigenvalue weighted by atomic mass is 16.6. The Kier molecular flexibility index (Phi) is 40.1. The van der Waals surface area contributed by atoms with Gasteiger partial charge in [0.15, 0.2) is 12.1 Å². The van der Waals surface area contributed by atoms with Crippen molar-refractivity contribution in [1.29, 1.82) is 0 Å². The summed E-state index contributed by atoms with van der Waals surface area (Å²) in [5, 5.41) is 9.64. The van der Waals surface area contributed by atoms with Gasteiger partial charge in [-0.25, -0.2) is 4.79 Å². The van der Waals surface area contributed by atoms with Crippen LogP contribution in [0.1, 0.15) is 206 Å². The molecule has 1 N–H and O–H groups in total. The molecule has 0 aliphatic carbocycles. The number of aliphatic carboxylic acids is 1. The summed E-state index contributed by atoms with van der Waals surface area (Å²) in [6, 6.07) is -0.617. The molecule has 0 amide bonds. The number of carboxylic acid groups (broad SMARTS) is 1. The van der Waals surface area contributed by atoms with Gasteiger partial charge in [-0.15, -0.1) is 0 Å². The third kappa shape index (κ3) is 40.5. The van der Waals surface area contributed by atoms with Crippen LogP contribution in [0.5, 0.6) is 0 Å². The maximum Gasteiger partial charge on any atom is 0.362 e. The van der Waals surface area contributed by atoms with Crippen molar-refractivity contribution in [3.8, 4) is 0 Å². The molecule has 0 spiro atoms. The number of hydrogen-bond acceptors (Lipinski definition) is 6. The highest BCUT2D eigenvalue weighted by molar-refractivity contribution is 5.72. The Balaban J connectivity index is 4.29. The topological polar surface area (TPSA) is 99.1 Å². The molecule has 8 nitrogen and oxygen atoms in total. The molecule has 0 fully saturated rings. The van der Waals surface area contributed by atoms with Crippen molar-refractivity contribution in [1.82, 2.24) is 0 Å². The molecule has 0 aliphatic rings. The molecule has 59 heavy (non-hydrogen) atoms. The van der Waals surface area contributed by atoms with E-state index in [9.17, 15) is 19.5 Å². The van der Waals surface area contributed by atoms with Crippen LogP contribution < -0.4 is 0 Å². The van der Waals surface area contributed by atoms with Gasteiger partial charge in [-0.05, 0) is 70.6 Å². The zero-order valence-electron chi connectivity index (χ0n) is 39.0. The summed E-state index contributed by atoms with van der Waals surface area (Å²) in [5.74, 6) is -1.48. The molecule has 0 bridgehead atoms. The third-order valence-corrected chi connectivity index (χ3v) is 10.7. The molecule has 0 aromatic heterocycles. The number of carbonyl (C=O) groups excluding carboxylic acids is 2. The van der Waals surface area contributed by atoms with Crippen molar-refractivity contribution in [2.75, 3.05) is 41.0 Å². The smallest absolute Gasteiger partial charge is 0.362 e. The molecule has 0 saturated heterocycles. The molecular weight excluding hydrogens is 739 g/mol. The average Bonchev–Trinajstić information content (AvgIpc) is 3.19. The number of carbonyl (C=O) groups is 3. The van der Waals surface area contributed by atoms with E-state index in [4.69, 9.17) is 14.2 Å². The molecule has 0 aliphatic heterocycles. The standard InChI is InChI=1S/C51H91NO7/c1-6-8-10-12-14-16-18-20-22-24-25-26-28-29-31-33-35-37-39-41-49(53)58-46-47(45-57-44-43-48(51(55)56)52(3,4)5)59-50(54)42-40-38-36-34-32-30-27-23-21-19-17-15-13-11-9-7-2/h8,10,14,16,20,22-23,27,47-48H,6-7,9,11-13,15,17-19,21,24-26,28-46H2,1-5H3/p+1/b10-8+,16-14+,22-20+,27-23+. The summed E-state index contributed by atoms with van der Waals surface area (Å²) in [6.45, 7) is 4.62. The lowest BCUT2D eigenvalue weighted by Gasteiger charge is -2.31. The van der Waals surface area contributed by atoms with Gasteiger partial charge in [-0.1, -0.05) is 165 Å². The van der Waals surface area contributed by atoms with Gasteiger partial charge in [0.05, 0.1) is 34.4 Å². The van der Waals surface area contributed by atoms with E-state index in [0.717, 1.165) is 77.0 Å². The molecule has 2 unspecified atom stereocenters. The summed E-state index contributed by atoms with van der Waals surface area (Å²) >= 11 is 0. The molecule has 0 radical (unpaired) electrons. The van der Waals surface area contributed by atoms with Crippen molar-refractivity contribution in [3.63, 3.8) is 0 Å². The number of unbranched alkanes of at least 4 members (excludes halogenated alkanes) is 21. The highest BCUT2D eigenvalue weighted by Gasteiger charge is 2.31. The van der Waals surface area contributed by atoms with Gasteiger partial charge in [0.2, 0.25) is 0 Å². The quantitative estimate of drug-likeness (QED) is 0.0283. The van der Waals surface area contributed by atoms with Crippen LogP contribution in [0.25, 0.3) is 0 Å². The van der Waals surface area contributed by atoms with E-state index in [0.29, 0.717) is 19.3 Å². The number of ether oxygens (including phenoxy) is 3. The lowest BCUT2D eigenvalue weighted by molar-refractivity contribution is -0.887. The summed E-state index contributed by atoms with van der Waals surface area (Å²) < 4.78 is 17.3. The van der Waals surface area contributed by atoms with Crippen LogP contribution in [0.4, 0.5) is 0 Å². The number of hydrogen-bond donors (Lipinski definition) is 1. The van der Waals surface area contributed by atoms with Crippen molar-refractivity contribution < 1.29 is 38.2 Å². The fraction of sp³-hybridized carbons (Fsp3) is 0.784. The molecule has 342 valence electrons. The van der Waals surface area contributed by atoms with Crippen LogP contribution in [0.2, 0.25) is 0 Å². The maximum atomic E-state index is 12.8. The second-order valence-electron chi connectivity index (χ2n) is 17.3. The lowest BCUT2D eigenvalue weighted by atomic mass is 10.1. The number of rotatable bonds is 43. The molecule has 8 heteroatoms. The first kappa shape index (κ1) is 56.3. The van der Waals surface area contributed by atoms with Crippen LogP contribution in [-0.4, -0.2) is 80.6 Å². The number of quaternary nitrogens is 1. The van der Waals surface area contributed by atoms with E-state index < -0.39 is 18.1 Å². The Morgan fingerprint density at radius 1 is 0.525 bits per heavy atom. The van der Waals surface area contributed by atoms with E-state index in [2.05, 4.69) is 62.5 Å². The zero-order chi connectivity index (χ0) is 43.5. The van der Waals surface area contributed by atoms with Gasteiger partial charge in [0.25, 0.3) is 0 Å². The van der Waals surface area contributed by atoms with E-state index in [1.165, 1.54) is 96.3 Å². The average molecular weight is 831 g/mol. The molecular formula is C51H92NO7+. The first-order valence-electron chi connectivity index (χ1n) is 24.2. The second kappa shape index (κ2) is 42.0. The summed E-state index contributed by atoms with van der Waals surface area (Å²) in [4.78, 5) is 37.1. The van der Waals surface area contributed by atoms with E-state index in [-0.39, 0.29) is 36.2 Å². The highest BCUT2D eigenvalue weighted by Crippen LogP contribution is 2.15. The number of esters is 2. The van der Waals surface area contributed by atoms with Crippen LogP contribution in [0, 0.1) is 0 Å². The predicted octanol–water partition coefficient (Wildman–Crippen LogP) is 13.6. The Morgan fingerprint density at radius 3 is 1.42 bits per heavy atom. The summed E-state index contributed by atoms with van der Waals surface area (Å²) in [5.41, 5.74) is 0. The Bertz CT molecular complexity index is 1110. The SMILES string of the molecule is CC/C=C/C/C=C/C/C=C/CCCCCCCCCCCC(=O)OCC(COCCC(C(=O)O)[N+](C)(C)C)OC(=O)CCCCCCC/C=C/CCCCCCCCC. The predicted molar refractivity (Wildman–Crippen MR) is 248 cm³/mol. The van der Waals surface area contributed by atoms with Crippen molar-refractivity contribution >= 4 is 17.9 Å². The minimum atomic E-state index is -0.877. The first-order chi connectivity index (χ1) is 28.6. The first-order valence-corrected chi connectivity index (χ1v) is 24.2. The monoisotopic (exact) mass is 831 g/mol. The van der Waals surface area contributed by atoms with Gasteiger partial charge in [0.1, 0.15) is 6.61 Å². The molecule has 0 aromatic rings. The second-order valence-corrected chi connectivity index (χ2v) is 17.3. The van der Waals surface area contributed by atoms with Crippen molar-refractivity contribution in [2.45, 2.75) is 219 Å². The molecule has 0 aromatic carbocycles. The third-order valence-electron chi connectivity index (χ3n) is 10.7. The minimum Gasteiger partial charge on any atom is -0.477 e. The van der Waals surface area contributed by atoms with Gasteiger partial charge in [-0.3, -0.25) is 9.59 Å². The Hall–Kier alpha value is -2.71. The maximum absolute atomic E-state index is 12.8. The van der Waals surface area contributed by atoms with Crippen LogP contribution >= 0.6 is 0 Å². The van der Waals surface area contributed by atoms with Crippen LogP contribution in [-0.2, 0) is 28.6 Å². The van der Waals surface area contributed by atoms with Gasteiger partial charge in [0, 0.05) is 19.3 Å². The summed E-state index contributed by atoms with van der Waals surface area (Å²) in [7, 11) is 5.53. The lowest BCUT2D eigenvalue weighted by Crippen LogP contribution is -2.50. The number of likely N-dealkylation sites (N-methyl/N-ethyl adjacent to an activating group) is 1. The number of nitrogens with zero attached hydrogens (tertiary/aromatic N) is 1. The number of carboxylic acids is 1. The summed E-state index contributed by atoms with van der Waals surface area (Å²) in [6.07, 6.45) is 50.1. The van der Waals surface area contributed by atoms with E-state index in [1.54, 1.807) is 0 Å².